The smallest absolute Gasteiger partial charge is 0.258 e. The first kappa shape index (κ1) is 36.3. The van der Waals surface area contributed by atoms with Crippen LogP contribution in [0, 0.1) is 40.5 Å². The molecular formula is C33H42N4O8S2. The minimum atomic E-state index is -0.803. The Morgan fingerprint density at radius 2 is 1.00 bits per heavy atom. The van der Waals surface area contributed by atoms with E-state index in [0.29, 0.717) is 9.81 Å². The Kier molecular flexibility index (Phi) is 13.6. The molecule has 0 aromatic heterocycles. The van der Waals surface area contributed by atoms with Crippen LogP contribution in [0.1, 0.15) is 121 Å². The third-order valence-electron chi connectivity index (χ3n) is 8.82. The molecule has 0 amide bonds. The highest BCUT2D eigenvalue weighted by atomic mass is 32.2. The fourth-order valence-corrected chi connectivity index (χ4v) is 9.57. The van der Waals surface area contributed by atoms with E-state index in [1.807, 2.05) is 0 Å². The number of rotatable bonds is 20. The third kappa shape index (κ3) is 9.31. The average Bonchev–Trinajstić information content (AvgIpc) is 3.63. The van der Waals surface area contributed by atoms with Gasteiger partial charge in [-0.15, -0.1) is 23.5 Å². The second-order valence-corrected chi connectivity index (χ2v) is 14.9. The van der Waals surface area contributed by atoms with Crippen molar-refractivity contribution in [2.24, 2.45) is 0 Å². The van der Waals surface area contributed by atoms with Crippen molar-refractivity contribution in [2.75, 3.05) is 5.75 Å². The number of nitro groups is 4. The van der Waals surface area contributed by atoms with Crippen molar-refractivity contribution in [1.29, 1.82) is 0 Å². The molecule has 0 bridgehead atoms. The molecule has 0 radical (unpaired) electrons. The number of unbranched alkanes of at least 4 members (excludes halogenated alkanes) is 14. The Bertz CT molecular complexity index is 1450. The molecule has 0 N–H and O–H groups in total. The van der Waals surface area contributed by atoms with Crippen LogP contribution in [-0.4, -0.2) is 30.7 Å². The van der Waals surface area contributed by atoms with Gasteiger partial charge in [-0.25, -0.2) is 0 Å². The van der Waals surface area contributed by atoms with Gasteiger partial charge in [0.2, 0.25) is 0 Å². The number of hydrogen-bond acceptors (Lipinski definition) is 10. The topological polar surface area (TPSA) is 173 Å². The zero-order valence-electron chi connectivity index (χ0n) is 26.8. The van der Waals surface area contributed by atoms with E-state index in [0.717, 1.165) is 37.1 Å². The van der Waals surface area contributed by atoms with Crippen LogP contribution in [0.25, 0.3) is 16.7 Å². The van der Waals surface area contributed by atoms with E-state index < -0.39 is 42.4 Å². The van der Waals surface area contributed by atoms with Crippen molar-refractivity contribution in [3.05, 3.63) is 80.1 Å². The first-order valence-corrected chi connectivity index (χ1v) is 18.5. The van der Waals surface area contributed by atoms with Crippen molar-refractivity contribution >= 4 is 51.8 Å². The highest BCUT2D eigenvalue weighted by molar-refractivity contribution is 8.25. The summed E-state index contributed by atoms with van der Waals surface area (Å²) in [6.45, 7) is 2.25. The monoisotopic (exact) mass is 686 g/mol. The minimum Gasteiger partial charge on any atom is -0.258 e. The van der Waals surface area contributed by atoms with Gasteiger partial charge in [0, 0.05) is 44.1 Å². The number of hydrogen-bond donors (Lipinski definition) is 0. The van der Waals surface area contributed by atoms with E-state index in [-0.39, 0.29) is 27.5 Å². The first-order valence-electron chi connectivity index (χ1n) is 16.6. The number of thioether (sulfide) groups is 2. The molecule has 4 rings (SSSR count). The molecule has 1 aliphatic heterocycles. The van der Waals surface area contributed by atoms with Gasteiger partial charge >= 0.3 is 0 Å². The molecule has 1 heterocycles. The maximum atomic E-state index is 12.1. The van der Waals surface area contributed by atoms with Gasteiger partial charge in [-0.05, 0) is 6.42 Å². The van der Waals surface area contributed by atoms with E-state index in [9.17, 15) is 40.5 Å². The highest BCUT2D eigenvalue weighted by Crippen LogP contribution is 2.59. The van der Waals surface area contributed by atoms with Crippen molar-refractivity contribution < 1.29 is 19.7 Å². The van der Waals surface area contributed by atoms with Crippen molar-refractivity contribution in [3.8, 4) is 11.1 Å². The SMILES string of the molecule is CCCCCCCCCCCCCCCCCC1CSC(=C2c3cc([N+](=O)[O-])cc([N+](=O)[O-])c3-c3c2cc([N+](=O)[O-])cc3[N+](=O)[O-])S1. The quantitative estimate of drug-likeness (QED) is 0.0632. The predicted octanol–water partition coefficient (Wildman–Crippen LogP) is 11.1. The number of nitro benzene ring substituents is 4. The Morgan fingerprint density at radius 1 is 0.596 bits per heavy atom. The van der Waals surface area contributed by atoms with Gasteiger partial charge < -0.3 is 0 Å². The van der Waals surface area contributed by atoms with Crippen molar-refractivity contribution in [1.82, 2.24) is 0 Å². The molecule has 1 fully saturated rings. The van der Waals surface area contributed by atoms with Crippen molar-refractivity contribution in [3.63, 3.8) is 0 Å². The lowest BCUT2D eigenvalue weighted by Gasteiger charge is -2.09. The van der Waals surface area contributed by atoms with Gasteiger partial charge in [-0.3, -0.25) is 40.5 Å². The maximum absolute atomic E-state index is 12.1. The van der Waals surface area contributed by atoms with Gasteiger partial charge in [-0.2, -0.15) is 0 Å². The summed E-state index contributed by atoms with van der Waals surface area (Å²) < 4.78 is 0.709. The molecule has 2 aliphatic rings. The largest absolute Gasteiger partial charge is 0.284 e. The van der Waals surface area contributed by atoms with Gasteiger partial charge in [0.05, 0.1) is 43.0 Å². The van der Waals surface area contributed by atoms with Crippen LogP contribution < -0.4 is 0 Å². The second kappa shape index (κ2) is 17.6. The summed E-state index contributed by atoms with van der Waals surface area (Å²) in [6, 6.07) is 3.94. The predicted molar refractivity (Wildman–Crippen MR) is 188 cm³/mol. The summed E-state index contributed by atoms with van der Waals surface area (Å²) in [7, 11) is 0. The zero-order chi connectivity index (χ0) is 33.9. The Balaban J connectivity index is 1.39. The molecule has 2 aromatic carbocycles. The summed E-state index contributed by atoms with van der Waals surface area (Å²) in [5.74, 6) is 0.737. The third-order valence-corrected chi connectivity index (χ3v) is 11.9. The van der Waals surface area contributed by atoms with Crippen LogP contribution in [0.4, 0.5) is 22.7 Å². The fourth-order valence-electron chi connectivity index (χ4n) is 6.41. The molecule has 0 saturated carbocycles. The average molecular weight is 687 g/mol. The van der Waals surface area contributed by atoms with E-state index in [1.165, 1.54) is 107 Å². The molecule has 2 aromatic rings. The van der Waals surface area contributed by atoms with Crippen LogP contribution in [-0.2, 0) is 0 Å². The molecule has 0 spiro atoms. The Hall–Kier alpha value is -3.52. The zero-order valence-corrected chi connectivity index (χ0v) is 28.4. The van der Waals surface area contributed by atoms with E-state index in [2.05, 4.69) is 6.92 Å². The van der Waals surface area contributed by atoms with Crippen LogP contribution in [0.2, 0.25) is 0 Å². The van der Waals surface area contributed by atoms with Crippen LogP contribution >= 0.6 is 23.5 Å². The normalized spacial score (nSPS) is 15.1. The standard InChI is InChI=1S/C33H42N4O8S2/c1-2-3-4-5-6-7-8-9-10-11-12-13-14-15-16-17-25-22-46-33(47-25)30-26-18-23(34(38)39)20-28(36(42)43)31(26)32-27(30)19-24(35(40)41)21-29(32)37(44)45/h18-21,25H,2-17,22H2,1H3. The van der Waals surface area contributed by atoms with Gasteiger partial charge in [0.15, 0.2) is 0 Å². The molecule has 47 heavy (non-hydrogen) atoms. The highest BCUT2D eigenvalue weighted by Gasteiger charge is 2.42. The lowest BCUT2D eigenvalue weighted by atomic mass is 10.0. The Labute approximate surface area is 282 Å². The number of fused-ring (bicyclic) bond motifs is 3. The first-order chi connectivity index (χ1) is 22.6. The van der Waals surface area contributed by atoms with Gasteiger partial charge in [-0.1, -0.05) is 103 Å². The molecule has 1 atom stereocenters. The van der Waals surface area contributed by atoms with Crippen LogP contribution in [0.5, 0.6) is 0 Å². The van der Waals surface area contributed by atoms with E-state index >= 15 is 0 Å². The summed E-state index contributed by atoms with van der Waals surface area (Å²) in [5, 5.41) is 47.8. The van der Waals surface area contributed by atoms with Gasteiger partial charge in [0.1, 0.15) is 0 Å². The minimum absolute atomic E-state index is 0.118. The number of benzene rings is 2. The van der Waals surface area contributed by atoms with Crippen molar-refractivity contribution in [2.45, 2.75) is 115 Å². The fraction of sp³-hybridized carbons (Fsp3) is 0.576. The lowest BCUT2D eigenvalue weighted by Crippen LogP contribution is -2.00. The van der Waals surface area contributed by atoms with Gasteiger partial charge in [0.25, 0.3) is 22.7 Å². The summed E-state index contributed by atoms with van der Waals surface area (Å²) in [6.07, 6.45) is 20.2. The summed E-state index contributed by atoms with van der Waals surface area (Å²) in [5.41, 5.74) is -2.00. The van der Waals surface area contributed by atoms with Crippen LogP contribution in [0.15, 0.2) is 28.5 Å². The maximum Gasteiger partial charge on any atom is 0.284 e. The number of non-ortho nitro benzene ring substituents is 2. The van der Waals surface area contributed by atoms with E-state index in [4.69, 9.17) is 0 Å². The Morgan fingerprint density at radius 3 is 1.38 bits per heavy atom. The molecular weight excluding hydrogens is 645 g/mol. The summed E-state index contributed by atoms with van der Waals surface area (Å²) >= 11 is 3.02. The molecule has 254 valence electrons. The van der Waals surface area contributed by atoms with Crippen LogP contribution in [0.3, 0.4) is 0 Å². The molecule has 12 nitrogen and oxygen atoms in total. The molecule has 14 heteroatoms. The van der Waals surface area contributed by atoms with E-state index in [1.54, 1.807) is 11.8 Å². The molecule has 1 saturated heterocycles. The molecule has 1 aliphatic carbocycles. The lowest BCUT2D eigenvalue weighted by molar-refractivity contribution is -0.395. The second-order valence-electron chi connectivity index (χ2n) is 12.3. The molecule has 1 unspecified atom stereocenters. The number of nitrogens with zero attached hydrogens (tertiary/aromatic N) is 4. The summed E-state index contributed by atoms with van der Waals surface area (Å²) in [4.78, 5) is 44.5.